The van der Waals surface area contributed by atoms with Gasteiger partial charge in [0, 0.05) is 11.4 Å². The zero-order valence-corrected chi connectivity index (χ0v) is 11.3. The normalized spacial score (nSPS) is 12.4. The maximum atomic E-state index is 11.8. The van der Waals surface area contributed by atoms with Crippen molar-refractivity contribution in [2.75, 3.05) is 5.75 Å². The predicted octanol–water partition coefficient (Wildman–Crippen LogP) is 1.10. The van der Waals surface area contributed by atoms with Crippen LogP contribution in [0, 0.1) is 0 Å². The lowest BCUT2D eigenvalue weighted by molar-refractivity contribution is 0.546. The van der Waals surface area contributed by atoms with Crippen molar-refractivity contribution >= 4 is 20.9 Å². The molecule has 1 N–H and O–H groups in total. The zero-order valence-electron chi connectivity index (χ0n) is 10.5. The molecule has 0 bridgehead atoms. The maximum absolute atomic E-state index is 11.8. The minimum atomic E-state index is -3.51. The van der Waals surface area contributed by atoms with Crippen molar-refractivity contribution in [2.45, 2.75) is 31.7 Å². The summed E-state index contributed by atoms with van der Waals surface area (Å²) in [6.45, 7) is 5.37. The van der Waals surface area contributed by atoms with E-state index in [0.717, 1.165) is 0 Å². The number of fused-ring (bicyclic) bond motifs is 1. The third-order valence-corrected chi connectivity index (χ3v) is 4.50. The molecule has 7 heteroatoms. The molecule has 0 saturated carbocycles. The van der Waals surface area contributed by atoms with E-state index in [1.165, 1.54) is 13.0 Å². The molecule has 2 aromatic rings. The van der Waals surface area contributed by atoms with Crippen molar-refractivity contribution in [2.24, 2.45) is 0 Å². The number of hydrogen-bond acceptors (Lipinski definition) is 4. The SMILES string of the molecule is CCS(=O)(=O)c1cc2cnn(C(C)C)c2[nH]c1=O. The quantitative estimate of drug-likeness (QED) is 0.904. The van der Waals surface area contributed by atoms with E-state index in [9.17, 15) is 13.2 Å². The second kappa shape index (κ2) is 4.24. The second-order valence-corrected chi connectivity index (χ2v) is 6.60. The highest BCUT2D eigenvalue weighted by Gasteiger charge is 2.18. The maximum Gasteiger partial charge on any atom is 0.268 e. The predicted molar refractivity (Wildman–Crippen MR) is 68.5 cm³/mol. The molecule has 6 nitrogen and oxygen atoms in total. The third kappa shape index (κ3) is 1.94. The molecule has 0 aliphatic rings. The lowest BCUT2D eigenvalue weighted by atomic mass is 10.3. The summed E-state index contributed by atoms with van der Waals surface area (Å²) in [4.78, 5) is 14.2. The molecular formula is C11H15N3O3S. The van der Waals surface area contributed by atoms with Gasteiger partial charge in [-0.3, -0.25) is 4.79 Å². The molecule has 0 aliphatic heterocycles. The van der Waals surface area contributed by atoms with Crippen LogP contribution in [0.25, 0.3) is 11.0 Å². The van der Waals surface area contributed by atoms with Gasteiger partial charge in [0.05, 0.1) is 11.9 Å². The van der Waals surface area contributed by atoms with E-state index in [1.807, 2.05) is 13.8 Å². The minimum absolute atomic E-state index is 0.0896. The summed E-state index contributed by atoms with van der Waals surface area (Å²) in [5, 5.41) is 4.76. The Labute approximate surface area is 105 Å². The first-order valence-electron chi connectivity index (χ1n) is 5.70. The van der Waals surface area contributed by atoms with Crippen molar-refractivity contribution in [1.29, 1.82) is 0 Å². The number of pyridine rings is 1. The van der Waals surface area contributed by atoms with Crippen molar-refractivity contribution in [1.82, 2.24) is 14.8 Å². The number of rotatable bonds is 3. The van der Waals surface area contributed by atoms with Crippen LogP contribution in [0.5, 0.6) is 0 Å². The molecule has 0 amide bonds. The number of nitrogens with one attached hydrogen (secondary N) is 1. The minimum Gasteiger partial charge on any atom is -0.306 e. The van der Waals surface area contributed by atoms with Crippen LogP contribution in [0.2, 0.25) is 0 Å². The smallest absolute Gasteiger partial charge is 0.268 e. The first-order chi connectivity index (χ1) is 8.36. The highest BCUT2D eigenvalue weighted by molar-refractivity contribution is 7.91. The third-order valence-electron chi connectivity index (χ3n) is 2.77. The number of hydrogen-bond donors (Lipinski definition) is 1. The summed E-state index contributed by atoms with van der Waals surface area (Å²) < 4.78 is 25.2. The highest BCUT2D eigenvalue weighted by atomic mass is 32.2. The van der Waals surface area contributed by atoms with Crippen molar-refractivity contribution < 1.29 is 8.42 Å². The van der Waals surface area contributed by atoms with Crippen LogP contribution in [-0.4, -0.2) is 28.9 Å². The van der Waals surface area contributed by atoms with E-state index in [-0.39, 0.29) is 16.7 Å². The van der Waals surface area contributed by atoms with Gasteiger partial charge in [0.1, 0.15) is 10.5 Å². The summed E-state index contributed by atoms with van der Waals surface area (Å²) >= 11 is 0. The fourth-order valence-electron chi connectivity index (χ4n) is 1.76. The molecular weight excluding hydrogens is 254 g/mol. The van der Waals surface area contributed by atoms with Crippen molar-refractivity contribution in [3.05, 3.63) is 22.6 Å². The van der Waals surface area contributed by atoms with Gasteiger partial charge in [-0.15, -0.1) is 0 Å². The van der Waals surface area contributed by atoms with Crippen LogP contribution in [0.3, 0.4) is 0 Å². The van der Waals surface area contributed by atoms with Crippen molar-refractivity contribution in [3.8, 4) is 0 Å². The zero-order chi connectivity index (χ0) is 13.5. The molecule has 0 fully saturated rings. The van der Waals surface area contributed by atoms with Crippen molar-refractivity contribution in [3.63, 3.8) is 0 Å². The average Bonchev–Trinajstić information content (AvgIpc) is 2.70. The average molecular weight is 269 g/mol. The molecule has 0 atom stereocenters. The Morgan fingerprint density at radius 2 is 2.11 bits per heavy atom. The van der Waals surface area contributed by atoms with Crippen LogP contribution in [0.4, 0.5) is 0 Å². The van der Waals surface area contributed by atoms with Gasteiger partial charge in [-0.25, -0.2) is 13.1 Å². The summed E-state index contributed by atoms with van der Waals surface area (Å²) in [5.41, 5.74) is -0.0446. The van der Waals surface area contributed by atoms with Crippen LogP contribution in [0.15, 0.2) is 22.0 Å². The van der Waals surface area contributed by atoms with E-state index >= 15 is 0 Å². The summed E-state index contributed by atoms with van der Waals surface area (Å²) in [7, 11) is -3.51. The van der Waals surface area contributed by atoms with E-state index in [2.05, 4.69) is 10.1 Å². The second-order valence-electron chi connectivity index (χ2n) is 4.35. The molecule has 2 heterocycles. The van der Waals surface area contributed by atoms with Gasteiger partial charge in [-0.1, -0.05) is 6.92 Å². The van der Waals surface area contributed by atoms with Gasteiger partial charge in [-0.05, 0) is 19.9 Å². The standard InChI is InChI=1S/C11H15N3O3S/c1-4-18(16,17)9-5-8-6-12-14(7(2)3)10(8)13-11(9)15/h5-7H,4H2,1-3H3,(H,13,15). The number of nitrogens with zero attached hydrogens (tertiary/aromatic N) is 2. The largest absolute Gasteiger partial charge is 0.306 e. The molecule has 0 saturated heterocycles. The number of H-pyrrole nitrogens is 1. The Balaban J connectivity index is 2.77. The topological polar surface area (TPSA) is 84.8 Å². The number of sulfone groups is 1. The van der Waals surface area contributed by atoms with E-state index in [4.69, 9.17) is 0 Å². The van der Waals surface area contributed by atoms with Crippen LogP contribution >= 0.6 is 0 Å². The Bertz CT molecular complexity index is 740. The van der Waals surface area contributed by atoms with E-state index < -0.39 is 15.4 Å². The van der Waals surface area contributed by atoms with Gasteiger partial charge < -0.3 is 4.98 Å². The lowest BCUT2D eigenvalue weighted by Gasteiger charge is -2.07. The number of aromatic amines is 1. The van der Waals surface area contributed by atoms with Crippen LogP contribution in [-0.2, 0) is 9.84 Å². The van der Waals surface area contributed by atoms with Gasteiger partial charge in [0.15, 0.2) is 9.84 Å². The van der Waals surface area contributed by atoms with Gasteiger partial charge in [-0.2, -0.15) is 5.10 Å². The fraction of sp³-hybridized carbons (Fsp3) is 0.455. The van der Waals surface area contributed by atoms with Gasteiger partial charge in [0.25, 0.3) is 5.56 Å². The Morgan fingerprint density at radius 3 is 2.67 bits per heavy atom. The fourth-order valence-corrected chi connectivity index (χ4v) is 2.72. The monoisotopic (exact) mass is 269 g/mol. The summed E-state index contributed by atoms with van der Waals surface area (Å²) in [6.07, 6.45) is 1.56. The molecule has 98 valence electrons. The number of aromatic nitrogens is 3. The van der Waals surface area contributed by atoms with Crippen LogP contribution < -0.4 is 5.56 Å². The van der Waals surface area contributed by atoms with Gasteiger partial charge in [0.2, 0.25) is 0 Å². The molecule has 2 aromatic heterocycles. The van der Waals surface area contributed by atoms with E-state index in [1.54, 1.807) is 10.9 Å². The molecule has 0 radical (unpaired) electrons. The van der Waals surface area contributed by atoms with Crippen LogP contribution in [0.1, 0.15) is 26.8 Å². The first-order valence-corrected chi connectivity index (χ1v) is 7.35. The molecule has 0 unspecified atom stereocenters. The Hall–Kier alpha value is -1.63. The lowest BCUT2D eigenvalue weighted by Crippen LogP contribution is -2.19. The summed E-state index contributed by atoms with van der Waals surface area (Å²) in [6, 6.07) is 1.48. The molecule has 0 spiro atoms. The Kier molecular flexibility index (Phi) is 3.02. The molecule has 0 aliphatic carbocycles. The first kappa shape index (κ1) is 12.8. The highest BCUT2D eigenvalue weighted by Crippen LogP contribution is 2.17. The molecule has 2 rings (SSSR count). The molecule has 18 heavy (non-hydrogen) atoms. The summed E-state index contributed by atoms with van der Waals surface area (Å²) in [5.74, 6) is -0.0973. The van der Waals surface area contributed by atoms with Gasteiger partial charge >= 0.3 is 0 Å². The molecule has 0 aromatic carbocycles. The Morgan fingerprint density at radius 1 is 1.44 bits per heavy atom. The van der Waals surface area contributed by atoms with E-state index in [0.29, 0.717) is 11.0 Å².